The Balaban J connectivity index is 1.46. The van der Waals surface area contributed by atoms with Crippen molar-refractivity contribution in [3.8, 4) is 5.69 Å². The summed E-state index contributed by atoms with van der Waals surface area (Å²) in [6.45, 7) is 2.47. The molecule has 0 unspecified atom stereocenters. The predicted molar refractivity (Wildman–Crippen MR) is 107 cm³/mol. The molecule has 140 valence electrons. The molecule has 2 heterocycles. The average molecular weight is 393 g/mol. The summed E-state index contributed by atoms with van der Waals surface area (Å²) in [5, 5.41) is 12.0. The van der Waals surface area contributed by atoms with Crippen molar-refractivity contribution in [2.75, 3.05) is 5.32 Å². The molecule has 0 bridgehead atoms. The number of amides is 1. The minimum Gasteiger partial charge on any atom is -0.319 e. The van der Waals surface area contributed by atoms with Crippen LogP contribution in [0, 0.1) is 6.92 Å². The zero-order valence-corrected chi connectivity index (χ0v) is 15.8. The maximum absolute atomic E-state index is 12.5. The fourth-order valence-electron chi connectivity index (χ4n) is 2.77. The third-order valence-electron chi connectivity index (χ3n) is 4.16. The monoisotopic (exact) mass is 392 g/mol. The van der Waals surface area contributed by atoms with Gasteiger partial charge in [0.1, 0.15) is 5.82 Å². The van der Waals surface area contributed by atoms with Crippen molar-refractivity contribution in [3.63, 3.8) is 0 Å². The molecule has 4 rings (SSSR count). The van der Waals surface area contributed by atoms with E-state index in [1.807, 2.05) is 53.3 Å². The van der Waals surface area contributed by atoms with E-state index >= 15 is 0 Å². The number of rotatable bonds is 5. The van der Waals surface area contributed by atoms with Crippen LogP contribution in [0.4, 0.5) is 5.69 Å². The number of benzene rings is 2. The van der Waals surface area contributed by atoms with Gasteiger partial charge in [-0.25, -0.2) is 9.67 Å². The highest BCUT2D eigenvalue weighted by Crippen LogP contribution is 2.15. The number of carbonyl (C=O) groups excluding carboxylic acids is 1. The fraction of sp³-hybridized carbons (Fsp3) is 0.100. The lowest BCUT2D eigenvalue weighted by Gasteiger charge is -2.05. The van der Waals surface area contributed by atoms with E-state index in [0.717, 1.165) is 11.3 Å². The zero-order chi connectivity index (χ0) is 19.5. The summed E-state index contributed by atoms with van der Waals surface area (Å²) >= 11 is 5.92. The number of aryl methyl sites for hydroxylation is 1. The zero-order valence-electron chi connectivity index (χ0n) is 15.1. The van der Waals surface area contributed by atoms with E-state index in [9.17, 15) is 4.79 Å². The Labute approximate surface area is 166 Å². The number of aromatic nitrogens is 5. The topological polar surface area (TPSA) is 77.6 Å². The van der Waals surface area contributed by atoms with Crippen molar-refractivity contribution in [1.82, 2.24) is 24.5 Å². The minimum atomic E-state index is -0.365. The molecular formula is C20H17ClN6O. The van der Waals surface area contributed by atoms with Gasteiger partial charge in [0, 0.05) is 23.1 Å². The lowest BCUT2D eigenvalue weighted by Crippen LogP contribution is -2.14. The lowest BCUT2D eigenvalue weighted by molar-refractivity contribution is 0.101. The second kappa shape index (κ2) is 7.66. The van der Waals surface area contributed by atoms with Crippen LogP contribution in [0.5, 0.6) is 0 Å². The molecule has 0 aliphatic carbocycles. The van der Waals surface area contributed by atoms with Crippen molar-refractivity contribution >= 4 is 23.2 Å². The molecule has 0 aliphatic rings. The molecule has 2 aromatic carbocycles. The Morgan fingerprint density at radius 2 is 1.86 bits per heavy atom. The molecule has 0 aliphatic heterocycles. The molecule has 8 heteroatoms. The van der Waals surface area contributed by atoms with Crippen LogP contribution in [0.1, 0.15) is 22.0 Å². The van der Waals surface area contributed by atoms with E-state index in [4.69, 9.17) is 11.6 Å². The van der Waals surface area contributed by atoms with Gasteiger partial charge in [-0.05, 0) is 55.0 Å². The van der Waals surface area contributed by atoms with Gasteiger partial charge in [-0.2, -0.15) is 5.10 Å². The smallest absolute Gasteiger partial charge is 0.295 e. The largest absolute Gasteiger partial charge is 0.319 e. The van der Waals surface area contributed by atoms with Gasteiger partial charge in [0.2, 0.25) is 5.82 Å². The Morgan fingerprint density at radius 1 is 1.11 bits per heavy atom. The Kier molecular flexibility index (Phi) is 4.90. The van der Waals surface area contributed by atoms with Crippen molar-refractivity contribution in [2.45, 2.75) is 13.5 Å². The highest BCUT2D eigenvalue weighted by Gasteiger charge is 2.15. The van der Waals surface area contributed by atoms with E-state index in [1.54, 1.807) is 29.9 Å². The van der Waals surface area contributed by atoms with Crippen molar-refractivity contribution in [2.24, 2.45) is 0 Å². The molecule has 28 heavy (non-hydrogen) atoms. The number of nitrogens with zero attached hydrogens (tertiary/aromatic N) is 5. The number of anilines is 1. The second-order valence-electron chi connectivity index (χ2n) is 6.23. The van der Waals surface area contributed by atoms with E-state index in [2.05, 4.69) is 20.5 Å². The maximum atomic E-state index is 12.5. The van der Waals surface area contributed by atoms with E-state index in [-0.39, 0.29) is 11.7 Å². The third kappa shape index (κ3) is 3.94. The van der Waals surface area contributed by atoms with Crippen molar-refractivity contribution in [3.05, 3.63) is 89.2 Å². The highest BCUT2D eigenvalue weighted by molar-refractivity contribution is 6.30. The van der Waals surface area contributed by atoms with Gasteiger partial charge in [-0.1, -0.05) is 23.7 Å². The molecule has 1 amide bonds. The highest BCUT2D eigenvalue weighted by atomic mass is 35.5. The minimum absolute atomic E-state index is 0.105. The van der Waals surface area contributed by atoms with Crippen LogP contribution >= 0.6 is 11.6 Å². The molecule has 4 aromatic rings. The van der Waals surface area contributed by atoms with Crippen LogP contribution in [0.2, 0.25) is 5.02 Å². The van der Waals surface area contributed by atoms with Crippen LogP contribution < -0.4 is 5.32 Å². The summed E-state index contributed by atoms with van der Waals surface area (Å²) in [6.07, 6.45) is 3.65. The van der Waals surface area contributed by atoms with E-state index < -0.39 is 0 Å². The number of halogens is 1. The standard InChI is InChI=1S/C20H17ClN6O/c1-14-23-19(25-27(14)18-9-5-16(21)6-10-18)20(28)24-17-7-3-15(4-8-17)13-26-12-2-11-22-26/h2-12H,13H2,1H3,(H,24,28). The average Bonchev–Trinajstić information content (AvgIpc) is 3.34. The summed E-state index contributed by atoms with van der Waals surface area (Å²) in [4.78, 5) is 16.8. The fourth-order valence-corrected chi connectivity index (χ4v) is 2.90. The van der Waals surface area contributed by atoms with Crippen LogP contribution in [0.15, 0.2) is 67.0 Å². The van der Waals surface area contributed by atoms with Gasteiger partial charge in [0.15, 0.2) is 0 Å². The number of nitrogens with one attached hydrogen (secondary N) is 1. The summed E-state index contributed by atoms with van der Waals surface area (Å²) in [5.74, 6) is 0.353. The van der Waals surface area contributed by atoms with Gasteiger partial charge in [-0.15, -0.1) is 5.10 Å². The second-order valence-corrected chi connectivity index (χ2v) is 6.66. The molecule has 0 spiro atoms. The number of hydrogen-bond donors (Lipinski definition) is 1. The van der Waals surface area contributed by atoms with E-state index in [0.29, 0.717) is 23.1 Å². The summed E-state index contributed by atoms with van der Waals surface area (Å²) < 4.78 is 3.45. The molecule has 0 fully saturated rings. The van der Waals surface area contributed by atoms with Crippen LogP contribution in [0.3, 0.4) is 0 Å². The van der Waals surface area contributed by atoms with Gasteiger partial charge in [-0.3, -0.25) is 9.48 Å². The predicted octanol–water partition coefficient (Wildman–Crippen LogP) is 3.73. The first kappa shape index (κ1) is 17.9. The first-order valence-electron chi connectivity index (χ1n) is 8.66. The molecule has 0 saturated heterocycles. The van der Waals surface area contributed by atoms with Gasteiger partial charge in [0.05, 0.1) is 12.2 Å². The Morgan fingerprint density at radius 3 is 2.54 bits per heavy atom. The van der Waals surface area contributed by atoms with E-state index in [1.165, 1.54) is 0 Å². The first-order valence-corrected chi connectivity index (χ1v) is 9.03. The lowest BCUT2D eigenvalue weighted by atomic mass is 10.2. The molecule has 7 nitrogen and oxygen atoms in total. The molecule has 0 saturated carbocycles. The number of hydrogen-bond acceptors (Lipinski definition) is 4. The summed E-state index contributed by atoms with van der Waals surface area (Å²) in [5.41, 5.74) is 2.55. The maximum Gasteiger partial charge on any atom is 0.295 e. The number of carbonyl (C=O) groups is 1. The Bertz CT molecular complexity index is 1080. The molecular weight excluding hydrogens is 376 g/mol. The molecule has 0 atom stereocenters. The van der Waals surface area contributed by atoms with Crippen LogP contribution in [0.25, 0.3) is 5.69 Å². The summed E-state index contributed by atoms with van der Waals surface area (Å²) in [6, 6.07) is 16.6. The van der Waals surface area contributed by atoms with Crippen LogP contribution in [-0.2, 0) is 6.54 Å². The third-order valence-corrected chi connectivity index (χ3v) is 4.41. The SMILES string of the molecule is Cc1nc(C(=O)Nc2ccc(Cn3cccn3)cc2)nn1-c1ccc(Cl)cc1. The molecule has 0 radical (unpaired) electrons. The Hall–Kier alpha value is -3.45. The molecule has 2 aromatic heterocycles. The van der Waals surface area contributed by atoms with Gasteiger partial charge in [0.25, 0.3) is 5.91 Å². The van der Waals surface area contributed by atoms with Gasteiger partial charge >= 0.3 is 0 Å². The van der Waals surface area contributed by atoms with Crippen molar-refractivity contribution in [1.29, 1.82) is 0 Å². The molecule has 1 N–H and O–H groups in total. The summed E-state index contributed by atoms with van der Waals surface area (Å²) in [7, 11) is 0. The van der Waals surface area contributed by atoms with Crippen molar-refractivity contribution < 1.29 is 4.79 Å². The van der Waals surface area contributed by atoms with Gasteiger partial charge < -0.3 is 5.32 Å². The normalized spacial score (nSPS) is 10.8. The first-order chi connectivity index (χ1) is 13.6. The van der Waals surface area contributed by atoms with Crippen LogP contribution in [-0.4, -0.2) is 30.5 Å². The quantitative estimate of drug-likeness (QED) is 0.561.